The van der Waals surface area contributed by atoms with Crippen molar-refractivity contribution < 1.29 is 0 Å². The molecule has 14 aromatic rings. The van der Waals surface area contributed by atoms with Crippen LogP contribution in [0.25, 0.3) is 141 Å². The summed E-state index contributed by atoms with van der Waals surface area (Å²) in [6.07, 6.45) is 0. The minimum absolute atomic E-state index is 0.644. The highest BCUT2D eigenvalue weighted by atomic mass is 32.1. The van der Waals surface area contributed by atoms with Crippen molar-refractivity contribution in [1.29, 1.82) is 0 Å². The highest BCUT2D eigenvalue weighted by molar-refractivity contribution is 7.27. The van der Waals surface area contributed by atoms with E-state index < -0.39 is 0 Å². The molecule has 0 N–H and O–H groups in total. The maximum atomic E-state index is 5.19. The Morgan fingerprint density at radius 1 is 0.257 bits per heavy atom. The van der Waals surface area contributed by atoms with E-state index in [1.54, 1.807) is 0 Å². The van der Waals surface area contributed by atoms with E-state index in [0.717, 1.165) is 39.0 Å². The summed E-state index contributed by atoms with van der Waals surface area (Å²) in [6.45, 7) is 0. The van der Waals surface area contributed by atoms with E-state index in [1.807, 2.05) is 83.3 Å². The van der Waals surface area contributed by atoms with Crippen molar-refractivity contribution in [2.75, 3.05) is 0 Å². The number of para-hydroxylation sites is 1. The molecule has 0 aliphatic rings. The Morgan fingerprint density at radius 3 is 1.44 bits per heavy atom. The van der Waals surface area contributed by atoms with Crippen molar-refractivity contribution >= 4 is 84.7 Å². The third kappa shape index (κ3) is 6.79. The van der Waals surface area contributed by atoms with E-state index >= 15 is 0 Å². The lowest BCUT2D eigenvalue weighted by molar-refractivity contribution is 1.07. The smallest absolute Gasteiger partial charge is 0.164 e. The van der Waals surface area contributed by atoms with E-state index in [0.29, 0.717) is 17.5 Å². The summed E-state index contributed by atoms with van der Waals surface area (Å²) in [5.41, 5.74) is 13.2. The summed E-state index contributed by atoms with van der Waals surface area (Å²) in [4.78, 5) is 20.2. The minimum atomic E-state index is 0.644. The Balaban J connectivity index is 0.823. The normalized spacial score (nSPS) is 11.7. The van der Waals surface area contributed by atoms with Gasteiger partial charge in [-0.15, -0.1) is 22.7 Å². The number of rotatable bonds is 7. The minimum Gasteiger partial charge on any atom is -0.247 e. The zero-order chi connectivity index (χ0) is 46.1. The lowest BCUT2D eigenvalue weighted by Gasteiger charge is -2.11. The zero-order valence-electron chi connectivity index (χ0n) is 37.5. The molecule has 326 valence electrons. The van der Waals surface area contributed by atoms with Crippen LogP contribution in [0.5, 0.6) is 0 Å². The van der Waals surface area contributed by atoms with Gasteiger partial charge in [0.1, 0.15) is 0 Å². The second-order valence-corrected chi connectivity index (χ2v) is 19.8. The Hall–Kier alpha value is -8.68. The van der Waals surface area contributed by atoms with Gasteiger partial charge in [0.05, 0.1) is 11.2 Å². The molecule has 4 nitrogen and oxygen atoms in total. The first-order valence-corrected chi connectivity index (χ1v) is 25.1. The molecule has 0 aliphatic heterocycles. The van der Waals surface area contributed by atoms with Crippen LogP contribution in [0.15, 0.2) is 231 Å². The molecule has 0 aliphatic carbocycles. The predicted octanol–water partition coefficient (Wildman–Crippen LogP) is 18.0. The monoisotopic (exact) mass is 926 g/mol. The van der Waals surface area contributed by atoms with Crippen molar-refractivity contribution in [2.24, 2.45) is 0 Å². The summed E-state index contributed by atoms with van der Waals surface area (Å²) in [5, 5.41) is 8.73. The number of aromatic nitrogens is 4. The number of benzene rings is 10. The number of hydrogen-bond donors (Lipinski definition) is 0. The third-order valence-electron chi connectivity index (χ3n) is 13.5. The van der Waals surface area contributed by atoms with Gasteiger partial charge in [0.25, 0.3) is 0 Å². The SMILES string of the molecule is c1ccc(-c2nc(-c3ccccc3)nc(-c3cccc(-c4cccc5c4sc4c(-c6ccc(-c7ccc8sc9c(ccc%10c(-c%11ccccc%11)nc%11ccccc%11c%109)c8c7)cc6)cccc45)c3)n2)cc1. The van der Waals surface area contributed by atoms with Gasteiger partial charge in [0.2, 0.25) is 0 Å². The molecule has 70 heavy (non-hydrogen) atoms. The number of fused-ring (bicyclic) bond motifs is 10. The standard InChI is InChI=1S/C64H38N4S2/c1-4-15-41(16-5-1)58-53-35-34-51-54-38-44(33-36-56(54)69-61(51)57(53)52-23-10-11-28-55(52)65-58)39-29-31-40(32-30-39)47-24-13-26-49-50-27-14-25-48(60(50)70-59(47)49)45-21-12-22-46(37-45)64-67-62(42-17-6-2-7-18-42)66-63(68-64)43-19-8-3-9-20-43/h1-38H. The molecule has 0 spiro atoms. The molecule has 0 bridgehead atoms. The van der Waals surface area contributed by atoms with Gasteiger partial charge < -0.3 is 0 Å². The zero-order valence-corrected chi connectivity index (χ0v) is 39.2. The maximum absolute atomic E-state index is 5.19. The molecule has 6 heteroatoms. The summed E-state index contributed by atoms with van der Waals surface area (Å²) < 4.78 is 5.13. The molecule has 0 radical (unpaired) electrons. The molecule has 0 saturated carbocycles. The highest BCUT2D eigenvalue weighted by Crippen LogP contribution is 2.46. The molecule has 0 fully saturated rings. The van der Waals surface area contributed by atoms with Gasteiger partial charge in [0.15, 0.2) is 17.5 Å². The maximum Gasteiger partial charge on any atom is 0.164 e. The molecule has 0 amide bonds. The fourth-order valence-electron chi connectivity index (χ4n) is 10.1. The van der Waals surface area contributed by atoms with Crippen molar-refractivity contribution in [2.45, 2.75) is 0 Å². The van der Waals surface area contributed by atoms with Gasteiger partial charge in [-0.3, -0.25) is 0 Å². The van der Waals surface area contributed by atoms with Gasteiger partial charge in [0, 0.05) is 78.8 Å². The Bertz CT molecular complexity index is 4280. The highest BCUT2D eigenvalue weighted by Gasteiger charge is 2.19. The Kier molecular flexibility index (Phi) is 9.54. The predicted molar refractivity (Wildman–Crippen MR) is 296 cm³/mol. The van der Waals surface area contributed by atoms with Crippen molar-refractivity contribution in [3.63, 3.8) is 0 Å². The fourth-order valence-corrected chi connectivity index (χ4v) is 12.8. The van der Waals surface area contributed by atoms with Crippen LogP contribution in [-0.4, -0.2) is 19.9 Å². The van der Waals surface area contributed by atoms with Gasteiger partial charge in [-0.1, -0.05) is 206 Å². The quantitative estimate of drug-likeness (QED) is 0.149. The number of pyridine rings is 1. The van der Waals surface area contributed by atoms with E-state index in [2.05, 4.69) is 170 Å². The van der Waals surface area contributed by atoms with E-state index in [9.17, 15) is 0 Å². The Morgan fingerprint density at radius 2 is 0.757 bits per heavy atom. The number of hydrogen-bond acceptors (Lipinski definition) is 6. The molecule has 0 unspecified atom stereocenters. The Labute approximate surface area is 411 Å². The van der Waals surface area contributed by atoms with Crippen molar-refractivity contribution in [3.8, 4) is 78.8 Å². The first-order valence-electron chi connectivity index (χ1n) is 23.4. The first-order chi connectivity index (χ1) is 34.7. The lowest BCUT2D eigenvalue weighted by Crippen LogP contribution is -2.00. The van der Waals surface area contributed by atoms with E-state index in [-0.39, 0.29) is 0 Å². The van der Waals surface area contributed by atoms with Gasteiger partial charge in [-0.05, 0) is 57.6 Å². The topological polar surface area (TPSA) is 51.6 Å². The molecule has 4 aromatic heterocycles. The van der Waals surface area contributed by atoms with E-state index in [1.165, 1.54) is 84.3 Å². The van der Waals surface area contributed by atoms with Crippen molar-refractivity contribution in [3.05, 3.63) is 231 Å². The van der Waals surface area contributed by atoms with E-state index in [4.69, 9.17) is 19.9 Å². The summed E-state index contributed by atoms with van der Waals surface area (Å²) in [7, 11) is 0. The molecule has 4 heterocycles. The van der Waals surface area contributed by atoms with Crippen LogP contribution in [0.3, 0.4) is 0 Å². The lowest BCUT2D eigenvalue weighted by atomic mass is 9.96. The molecule has 10 aromatic carbocycles. The van der Waals surface area contributed by atoms with Gasteiger partial charge in [-0.25, -0.2) is 19.9 Å². The second-order valence-electron chi connectivity index (χ2n) is 17.7. The molecule has 14 rings (SSSR count). The second kappa shape index (κ2) is 16.5. The van der Waals surface area contributed by atoms with Crippen LogP contribution in [0.4, 0.5) is 0 Å². The summed E-state index contributed by atoms with van der Waals surface area (Å²) in [6, 6.07) is 82.1. The molecular formula is C64H38N4S2. The first kappa shape index (κ1) is 40.4. The van der Waals surface area contributed by atoms with Crippen molar-refractivity contribution in [1.82, 2.24) is 19.9 Å². The number of thiophene rings is 2. The number of nitrogens with zero attached hydrogens (tertiary/aromatic N) is 4. The molecule has 0 atom stereocenters. The van der Waals surface area contributed by atoms with Gasteiger partial charge >= 0.3 is 0 Å². The van der Waals surface area contributed by atoms with Crippen LogP contribution >= 0.6 is 22.7 Å². The van der Waals surface area contributed by atoms with Crippen LogP contribution < -0.4 is 0 Å². The average molecular weight is 927 g/mol. The molecule has 0 saturated heterocycles. The largest absolute Gasteiger partial charge is 0.247 e. The van der Waals surface area contributed by atoms with Crippen LogP contribution in [0.2, 0.25) is 0 Å². The third-order valence-corrected chi connectivity index (χ3v) is 16.0. The van der Waals surface area contributed by atoms with Crippen LogP contribution in [0.1, 0.15) is 0 Å². The summed E-state index contributed by atoms with van der Waals surface area (Å²) in [5.74, 6) is 1.95. The van der Waals surface area contributed by atoms with Gasteiger partial charge in [-0.2, -0.15) is 0 Å². The van der Waals surface area contributed by atoms with Crippen LogP contribution in [0, 0.1) is 0 Å². The molecular weight excluding hydrogens is 889 g/mol. The fraction of sp³-hybridized carbons (Fsp3) is 0. The average Bonchev–Trinajstić information content (AvgIpc) is 4.02. The van der Waals surface area contributed by atoms with Crippen LogP contribution in [-0.2, 0) is 0 Å². The summed E-state index contributed by atoms with van der Waals surface area (Å²) >= 11 is 3.75.